The number of hydrogen-bond donors (Lipinski definition) is 0. The third-order valence-corrected chi connectivity index (χ3v) is 7.43. The van der Waals surface area contributed by atoms with Crippen LogP contribution in [-0.4, -0.2) is 41.3 Å². The number of rotatable bonds is 3. The molecule has 170 valence electrons. The van der Waals surface area contributed by atoms with Crippen LogP contribution in [0.2, 0.25) is 0 Å². The van der Waals surface area contributed by atoms with Crippen molar-refractivity contribution < 1.29 is 0 Å². The van der Waals surface area contributed by atoms with E-state index >= 15 is 0 Å². The van der Waals surface area contributed by atoms with Crippen LogP contribution >= 0.6 is 0 Å². The van der Waals surface area contributed by atoms with Crippen LogP contribution < -0.4 is 25.0 Å². The minimum atomic E-state index is 1.15. The maximum absolute atomic E-state index is 2.45. The van der Waals surface area contributed by atoms with Crippen molar-refractivity contribution in [2.75, 3.05) is 51.1 Å². The summed E-state index contributed by atoms with van der Waals surface area (Å²) in [5.41, 5.74) is 10.9. The third kappa shape index (κ3) is 4.06. The Morgan fingerprint density at radius 2 is 1.73 bits per heavy atom. The third-order valence-electron chi connectivity index (χ3n) is 7.43. The molecule has 5 rings (SSSR count). The van der Waals surface area contributed by atoms with Gasteiger partial charge < -0.3 is 9.80 Å². The SMILES string of the molecule is Cc1cc(N(C)C)ccc1/C(c1ccc2c(c1)CCCN2C)=c1/ccc2c(c1)CCC[N+]=2C. The van der Waals surface area contributed by atoms with E-state index in [1.807, 2.05) is 0 Å². The Balaban J connectivity index is 1.78. The molecule has 2 heterocycles. The lowest BCUT2D eigenvalue weighted by molar-refractivity contribution is 0.588. The first-order chi connectivity index (χ1) is 15.9. The molecule has 0 atom stereocenters. The molecule has 2 aliphatic rings. The molecule has 0 bridgehead atoms. The first-order valence-electron chi connectivity index (χ1n) is 12.3. The molecule has 3 aromatic carbocycles. The van der Waals surface area contributed by atoms with Gasteiger partial charge in [-0.1, -0.05) is 12.1 Å². The summed E-state index contributed by atoms with van der Waals surface area (Å²) in [5.74, 6) is 0. The topological polar surface area (TPSA) is 9.49 Å². The van der Waals surface area contributed by atoms with Crippen molar-refractivity contribution in [1.82, 2.24) is 4.58 Å². The van der Waals surface area contributed by atoms with Gasteiger partial charge in [0.25, 0.3) is 0 Å². The van der Waals surface area contributed by atoms with E-state index in [4.69, 9.17) is 0 Å². The van der Waals surface area contributed by atoms with Gasteiger partial charge in [-0.05, 0) is 95.6 Å². The highest BCUT2D eigenvalue weighted by molar-refractivity contribution is 5.83. The molecule has 0 aromatic heterocycles. The summed E-state index contributed by atoms with van der Waals surface area (Å²) in [5, 5.41) is 2.71. The lowest BCUT2D eigenvalue weighted by Crippen LogP contribution is -2.35. The fourth-order valence-electron chi connectivity index (χ4n) is 5.57. The molecule has 3 aromatic rings. The molecule has 0 spiro atoms. The van der Waals surface area contributed by atoms with Crippen molar-refractivity contribution in [2.45, 2.75) is 32.6 Å². The van der Waals surface area contributed by atoms with Gasteiger partial charge in [-0.3, -0.25) is 0 Å². The average Bonchev–Trinajstić information content (AvgIpc) is 2.80. The molecular formula is C30H36N3+. The summed E-state index contributed by atoms with van der Waals surface area (Å²) in [4.78, 5) is 4.58. The van der Waals surface area contributed by atoms with Crippen LogP contribution in [0.3, 0.4) is 0 Å². The van der Waals surface area contributed by atoms with E-state index in [1.165, 1.54) is 68.2 Å². The molecule has 0 fully saturated rings. The fraction of sp³-hybridized carbons (Fsp3) is 0.367. The highest BCUT2D eigenvalue weighted by Crippen LogP contribution is 2.32. The van der Waals surface area contributed by atoms with Gasteiger partial charge in [0.2, 0.25) is 5.36 Å². The second kappa shape index (κ2) is 8.70. The minimum Gasteiger partial charge on any atom is -0.378 e. The van der Waals surface area contributed by atoms with Crippen LogP contribution in [0.25, 0.3) is 5.57 Å². The minimum absolute atomic E-state index is 1.15. The molecule has 0 saturated carbocycles. The number of anilines is 2. The zero-order chi connectivity index (χ0) is 23.1. The van der Waals surface area contributed by atoms with Crippen LogP contribution in [0.1, 0.15) is 40.7 Å². The lowest BCUT2D eigenvalue weighted by atomic mass is 9.88. The quantitative estimate of drug-likeness (QED) is 0.576. The van der Waals surface area contributed by atoms with Gasteiger partial charge in [0.05, 0.1) is 0 Å². The predicted molar refractivity (Wildman–Crippen MR) is 141 cm³/mol. The standard InChI is InChI=1S/C30H36N3/c1-21-18-26(31(2)3)12-13-27(21)30(24-10-14-28-22(19-24)8-6-16-32(28)4)25-11-15-29-23(20-25)9-7-17-33(29)5/h10-15,18-20H,6-9,16-17H2,1-5H3/q+1. The summed E-state index contributed by atoms with van der Waals surface area (Å²) in [6.45, 7) is 4.54. The monoisotopic (exact) mass is 438 g/mol. The van der Waals surface area contributed by atoms with Crippen LogP contribution in [0, 0.1) is 6.92 Å². The van der Waals surface area contributed by atoms with E-state index in [2.05, 4.69) is 104 Å². The Morgan fingerprint density at radius 3 is 2.52 bits per heavy atom. The molecule has 33 heavy (non-hydrogen) atoms. The number of nitrogens with zero attached hydrogens (tertiary/aromatic N) is 3. The van der Waals surface area contributed by atoms with Gasteiger partial charge in [0.15, 0.2) is 0 Å². The van der Waals surface area contributed by atoms with E-state index in [9.17, 15) is 0 Å². The van der Waals surface area contributed by atoms with Crippen LogP contribution in [0.4, 0.5) is 11.4 Å². The molecule has 0 unspecified atom stereocenters. The molecule has 0 radical (unpaired) electrons. The van der Waals surface area contributed by atoms with Crippen molar-refractivity contribution in [3.63, 3.8) is 0 Å². The highest BCUT2D eigenvalue weighted by atomic mass is 15.1. The number of benzene rings is 3. The van der Waals surface area contributed by atoms with Gasteiger partial charge >= 0.3 is 0 Å². The smallest absolute Gasteiger partial charge is 0.202 e. The number of fused-ring (bicyclic) bond motifs is 2. The van der Waals surface area contributed by atoms with Crippen LogP contribution in [-0.2, 0) is 12.8 Å². The van der Waals surface area contributed by atoms with Gasteiger partial charge in [0.1, 0.15) is 13.6 Å². The lowest BCUT2D eigenvalue weighted by Gasteiger charge is -2.28. The van der Waals surface area contributed by atoms with Gasteiger partial charge in [-0.15, -0.1) is 0 Å². The Hall–Kier alpha value is -3.07. The predicted octanol–water partition coefficient (Wildman–Crippen LogP) is 3.76. The normalized spacial score (nSPS) is 16.3. The second-order valence-electron chi connectivity index (χ2n) is 10.0. The Labute approximate surface area is 198 Å². The van der Waals surface area contributed by atoms with Crippen molar-refractivity contribution >= 4 is 16.9 Å². The molecular weight excluding hydrogens is 402 g/mol. The van der Waals surface area contributed by atoms with Gasteiger partial charge in [-0.2, -0.15) is 0 Å². The summed E-state index contributed by atoms with van der Waals surface area (Å²) < 4.78 is 2.40. The highest BCUT2D eigenvalue weighted by Gasteiger charge is 2.18. The zero-order valence-corrected chi connectivity index (χ0v) is 20.8. The van der Waals surface area contributed by atoms with Crippen molar-refractivity contribution in [3.8, 4) is 0 Å². The van der Waals surface area contributed by atoms with E-state index in [-0.39, 0.29) is 0 Å². The molecule has 3 heteroatoms. The fourth-order valence-corrected chi connectivity index (χ4v) is 5.57. The van der Waals surface area contributed by atoms with Crippen molar-refractivity contribution in [2.24, 2.45) is 0 Å². The van der Waals surface area contributed by atoms with E-state index < -0.39 is 0 Å². The van der Waals surface area contributed by atoms with Crippen LogP contribution in [0.5, 0.6) is 0 Å². The van der Waals surface area contributed by atoms with Crippen molar-refractivity contribution in [3.05, 3.63) is 93.0 Å². The number of aryl methyl sites for hydroxylation is 3. The Morgan fingerprint density at radius 1 is 0.909 bits per heavy atom. The van der Waals surface area contributed by atoms with E-state index in [1.54, 1.807) is 0 Å². The molecule has 3 nitrogen and oxygen atoms in total. The Bertz CT molecular complexity index is 1330. The molecule has 0 amide bonds. The maximum atomic E-state index is 2.45. The van der Waals surface area contributed by atoms with Gasteiger partial charge in [-0.25, -0.2) is 4.58 Å². The van der Waals surface area contributed by atoms with E-state index in [0.29, 0.717) is 0 Å². The van der Waals surface area contributed by atoms with Crippen LogP contribution in [0.15, 0.2) is 54.6 Å². The first-order valence-corrected chi connectivity index (χ1v) is 12.3. The summed E-state index contributed by atoms with van der Waals surface area (Å²) in [7, 11) is 8.65. The molecule has 0 N–H and O–H groups in total. The first kappa shape index (κ1) is 21.8. The van der Waals surface area contributed by atoms with Crippen molar-refractivity contribution in [1.29, 1.82) is 0 Å². The summed E-state index contributed by atoms with van der Waals surface area (Å²) in [6.07, 6.45) is 4.77. The largest absolute Gasteiger partial charge is 0.378 e. The summed E-state index contributed by atoms with van der Waals surface area (Å²) in [6, 6.07) is 21.1. The molecule has 2 aliphatic heterocycles. The maximum Gasteiger partial charge on any atom is 0.202 e. The van der Waals surface area contributed by atoms with E-state index in [0.717, 1.165) is 25.9 Å². The molecule has 0 saturated heterocycles. The zero-order valence-electron chi connectivity index (χ0n) is 20.8. The van der Waals surface area contributed by atoms with Gasteiger partial charge in [0, 0.05) is 57.1 Å². The number of hydrogen-bond acceptors (Lipinski definition) is 2. The summed E-state index contributed by atoms with van der Waals surface area (Å²) >= 11 is 0. The average molecular weight is 439 g/mol. The Kier molecular flexibility index (Phi) is 5.74. The molecule has 0 aliphatic carbocycles. The second-order valence-corrected chi connectivity index (χ2v) is 10.0.